The number of hydrogen-bond donors (Lipinski definition) is 0. The number of nitriles is 1. The molecule has 1 atom stereocenters. The highest BCUT2D eigenvalue weighted by atomic mass is 19.3. The van der Waals surface area contributed by atoms with Crippen molar-refractivity contribution < 1.29 is 8.78 Å². The van der Waals surface area contributed by atoms with Crippen LogP contribution in [0, 0.1) is 17.2 Å². The van der Waals surface area contributed by atoms with E-state index in [-0.39, 0.29) is 6.42 Å². The molecule has 0 radical (unpaired) electrons. The van der Waals surface area contributed by atoms with Gasteiger partial charge in [-0.1, -0.05) is 6.92 Å². The van der Waals surface area contributed by atoms with Crippen molar-refractivity contribution in [2.24, 2.45) is 5.92 Å². The predicted octanol–water partition coefficient (Wildman–Crippen LogP) is 2.19. The van der Waals surface area contributed by atoms with E-state index in [9.17, 15) is 8.78 Å². The smallest absolute Gasteiger partial charge is 0.210 e. The van der Waals surface area contributed by atoms with Crippen LogP contribution in [0.2, 0.25) is 0 Å². The summed E-state index contributed by atoms with van der Waals surface area (Å²) < 4.78 is 23.5. The topological polar surface area (TPSA) is 23.8 Å². The first-order valence-corrected chi connectivity index (χ1v) is 2.87. The summed E-state index contributed by atoms with van der Waals surface area (Å²) in [6.45, 7) is 1.66. The summed E-state index contributed by atoms with van der Waals surface area (Å²) in [5.74, 6) is -0.727. The molecular weight excluding hydrogens is 124 g/mol. The van der Waals surface area contributed by atoms with Crippen molar-refractivity contribution in [2.45, 2.75) is 26.2 Å². The summed E-state index contributed by atoms with van der Waals surface area (Å²) in [6, 6.07) is 1.72. The third-order valence-corrected chi connectivity index (χ3v) is 1.23. The summed E-state index contributed by atoms with van der Waals surface area (Å²) in [7, 11) is 0. The van der Waals surface area contributed by atoms with Crippen molar-refractivity contribution >= 4 is 0 Å². The van der Waals surface area contributed by atoms with Crippen LogP contribution < -0.4 is 0 Å². The van der Waals surface area contributed by atoms with E-state index in [1.807, 2.05) is 0 Å². The maximum atomic E-state index is 11.7. The fourth-order valence-electron chi connectivity index (χ4n) is 0.529. The molecule has 0 N–H and O–H groups in total. The standard InChI is InChI=1S/C6H9F2N/c1-2-5(3-4-9)6(7)8/h5-6H,2-3H2,1H3. The van der Waals surface area contributed by atoms with Gasteiger partial charge in [-0.05, 0) is 6.42 Å². The Labute approximate surface area is 53.3 Å². The van der Waals surface area contributed by atoms with Gasteiger partial charge in [-0.25, -0.2) is 8.78 Å². The summed E-state index contributed by atoms with van der Waals surface area (Å²) in [6.07, 6.45) is -1.99. The van der Waals surface area contributed by atoms with E-state index >= 15 is 0 Å². The highest BCUT2D eigenvalue weighted by Crippen LogP contribution is 2.16. The molecule has 1 nitrogen and oxygen atoms in total. The van der Waals surface area contributed by atoms with Crippen LogP contribution in [-0.2, 0) is 0 Å². The van der Waals surface area contributed by atoms with Gasteiger partial charge in [0.15, 0.2) is 0 Å². The Balaban J connectivity index is 3.57. The molecule has 0 bridgehead atoms. The van der Waals surface area contributed by atoms with Crippen LogP contribution in [0.25, 0.3) is 0 Å². The number of rotatable bonds is 3. The summed E-state index contributed by atoms with van der Waals surface area (Å²) in [5, 5.41) is 8.03. The van der Waals surface area contributed by atoms with E-state index in [0.29, 0.717) is 6.42 Å². The Morgan fingerprint density at radius 2 is 2.11 bits per heavy atom. The normalized spacial score (nSPS) is 13.2. The molecule has 0 rings (SSSR count). The Morgan fingerprint density at radius 3 is 2.22 bits per heavy atom. The average molecular weight is 133 g/mol. The lowest BCUT2D eigenvalue weighted by atomic mass is 10.0. The molecule has 0 aliphatic heterocycles. The zero-order chi connectivity index (χ0) is 7.28. The minimum atomic E-state index is -2.34. The van der Waals surface area contributed by atoms with Crippen molar-refractivity contribution in [3.63, 3.8) is 0 Å². The molecule has 0 amide bonds. The lowest BCUT2D eigenvalue weighted by Gasteiger charge is -2.06. The predicted molar refractivity (Wildman–Crippen MR) is 30.0 cm³/mol. The van der Waals surface area contributed by atoms with Crippen LogP contribution in [0.5, 0.6) is 0 Å². The summed E-state index contributed by atoms with van der Waals surface area (Å²) in [4.78, 5) is 0. The molecule has 3 heteroatoms. The Hall–Kier alpha value is -0.650. The first kappa shape index (κ1) is 8.35. The summed E-state index contributed by atoms with van der Waals surface area (Å²) >= 11 is 0. The molecule has 0 aromatic carbocycles. The van der Waals surface area contributed by atoms with Crippen molar-refractivity contribution in [1.82, 2.24) is 0 Å². The largest absolute Gasteiger partial charge is 0.242 e. The maximum Gasteiger partial charge on any atom is 0.242 e. The number of halogens is 2. The zero-order valence-electron chi connectivity index (χ0n) is 5.27. The van der Waals surface area contributed by atoms with Gasteiger partial charge in [-0.3, -0.25) is 0 Å². The van der Waals surface area contributed by atoms with E-state index in [4.69, 9.17) is 5.26 Å². The molecule has 9 heavy (non-hydrogen) atoms. The molecule has 0 aliphatic rings. The number of hydrogen-bond acceptors (Lipinski definition) is 1. The Morgan fingerprint density at radius 1 is 1.56 bits per heavy atom. The molecular formula is C6H9F2N. The molecule has 0 aromatic rings. The second-order valence-electron chi connectivity index (χ2n) is 1.87. The van der Waals surface area contributed by atoms with Gasteiger partial charge in [0.1, 0.15) is 0 Å². The van der Waals surface area contributed by atoms with Crippen LogP contribution in [-0.4, -0.2) is 6.43 Å². The minimum Gasteiger partial charge on any atom is -0.210 e. The van der Waals surface area contributed by atoms with Crippen molar-refractivity contribution in [2.75, 3.05) is 0 Å². The van der Waals surface area contributed by atoms with Gasteiger partial charge >= 0.3 is 0 Å². The van der Waals surface area contributed by atoms with Crippen molar-refractivity contribution in [3.8, 4) is 6.07 Å². The third kappa shape index (κ3) is 3.02. The molecule has 0 spiro atoms. The van der Waals surface area contributed by atoms with E-state index in [1.54, 1.807) is 13.0 Å². The molecule has 0 heterocycles. The van der Waals surface area contributed by atoms with E-state index in [2.05, 4.69) is 0 Å². The van der Waals surface area contributed by atoms with E-state index in [0.717, 1.165) is 0 Å². The van der Waals surface area contributed by atoms with Gasteiger partial charge in [0.2, 0.25) is 6.43 Å². The van der Waals surface area contributed by atoms with Crippen LogP contribution >= 0.6 is 0 Å². The van der Waals surface area contributed by atoms with Crippen LogP contribution in [0.4, 0.5) is 8.78 Å². The molecule has 0 fully saturated rings. The van der Waals surface area contributed by atoms with Gasteiger partial charge in [-0.2, -0.15) is 5.26 Å². The quantitative estimate of drug-likeness (QED) is 0.578. The number of nitrogens with zero attached hydrogens (tertiary/aromatic N) is 1. The lowest BCUT2D eigenvalue weighted by molar-refractivity contribution is 0.0773. The molecule has 0 aliphatic carbocycles. The maximum absolute atomic E-state index is 11.7. The molecule has 0 saturated heterocycles. The van der Waals surface area contributed by atoms with Crippen molar-refractivity contribution in [1.29, 1.82) is 5.26 Å². The summed E-state index contributed by atoms with van der Waals surface area (Å²) in [5.41, 5.74) is 0. The average Bonchev–Trinajstić information content (AvgIpc) is 1.82. The van der Waals surface area contributed by atoms with Crippen molar-refractivity contribution in [3.05, 3.63) is 0 Å². The highest BCUT2D eigenvalue weighted by molar-refractivity contribution is 4.76. The van der Waals surface area contributed by atoms with Crippen LogP contribution in [0.15, 0.2) is 0 Å². The fourth-order valence-corrected chi connectivity index (χ4v) is 0.529. The highest BCUT2D eigenvalue weighted by Gasteiger charge is 2.16. The fraction of sp³-hybridized carbons (Fsp3) is 0.833. The number of alkyl halides is 2. The van der Waals surface area contributed by atoms with Gasteiger partial charge in [0.05, 0.1) is 6.07 Å². The van der Waals surface area contributed by atoms with E-state index in [1.165, 1.54) is 0 Å². The second-order valence-corrected chi connectivity index (χ2v) is 1.87. The Bertz CT molecular complexity index is 106. The van der Waals surface area contributed by atoms with Gasteiger partial charge < -0.3 is 0 Å². The van der Waals surface area contributed by atoms with Crippen LogP contribution in [0.3, 0.4) is 0 Å². The lowest BCUT2D eigenvalue weighted by Crippen LogP contribution is -2.08. The van der Waals surface area contributed by atoms with Crippen LogP contribution in [0.1, 0.15) is 19.8 Å². The van der Waals surface area contributed by atoms with Gasteiger partial charge in [0.25, 0.3) is 0 Å². The first-order valence-electron chi connectivity index (χ1n) is 2.87. The molecule has 0 saturated carbocycles. The van der Waals surface area contributed by atoms with Gasteiger partial charge in [-0.15, -0.1) is 0 Å². The van der Waals surface area contributed by atoms with E-state index < -0.39 is 12.3 Å². The zero-order valence-corrected chi connectivity index (χ0v) is 5.27. The Kier molecular flexibility index (Phi) is 3.94. The second kappa shape index (κ2) is 4.25. The van der Waals surface area contributed by atoms with Gasteiger partial charge in [0, 0.05) is 12.3 Å². The SMILES string of the molecule is CCC(CC#N)C(F)F. The first-order chi connectivity index (χ1) is 4.22. The molecule has 1 unspecified atom stereocenters. The minimum absolute atomic E-state index is 0.0336. The monoisotopic (exact) mass is 133 g/mol. The molecule has 52 valence electrons. The molecule has 0 aromatic heterocycles. The third-order valence-electron chi connectivity index (χ3n) is 1.23.